The first kappa shape index (κ1) is 11.8. The molecule has 0 saturated heterocycles. The van der Waals surface area contributed by atoms with Crippen LogP contribution in [-0.2, 0) is 0 Å². The first-order chi connectivity index (χ1) is 8.19. The zero-order chi connectivity index (χ0) is 12.4. The molecule has 5 nitrogen and oxygen atoms in total. The van der Waals surface area contributed by atoms with Crippen LogP contribution in [0.25, 0.3) is 11.1 Å². The maximum absolute atomic E-state index is 5.71. The second-order valence-electron chi connectivity index (χ2n) is 3.26. The number of ether oxygens (including phenoxy) is 2. The molecule has 0 unspecified atom stereocenters. The Morgan fingerprint density at radius 2 is 1.88 bits per heavy atom. The van der Waals surface area contributed by atoms with E-state index in [9.17, 15) is 0 Å². The first-order valence-electron chi connectivity index (χ1n) is 4.80. The van der Waals surface area contributed by atoms with Gasteiger partial charge in [0.2, 0.25) is 5.88 Å². The van der Waals surface area contributed by atoms with Crippen LogP contribution >= 0.6 is 15.9 Å². The molecule has 0 spiro atoms. The fraction of sp³-hybridized carbons (Fsp3) is 0.182. The Morgan fingerprint density at radius 1 is 1.24 bits per heavy atom. The van der Waals surface area contributed by atoms with Crippen LogP contribution in [0.5, 0.6) is 11.5 Å². The summed E-state index contributed by atoms with van der Waals surface area (Å²) in [6, 6.07) is 3.60. The summed E-state index contributed by atoms with van der Waals surface area (Å²) >= 11 is 3.46. The first-order valence-corrected chi connectivity index (χ1v) is 5.59. The van der Waals surface area contributed by atoms with Gasteiger partial charge >= 0.3 is 0 Å². The third-order valence-electron chi connectivity index (χ3n) is 2.38. The van der Waals surface area contributed by atoms with Gasteiger partial charge in [-0.25, -0.2) is 0 Å². The Morgan fingerprint density at radius 3 is 2.41 bits per heavy atom. The van der Waals surface area contributed by atoms with E-state index in [1.807, 2.05) is 0 Å². The van der Waals surface area contributed by atoms with Crippen molar-refractivity contribution in [1.82, 2.24) is 5.16 Å². The highest BCUT2D eigenvalue weighted by Gasteiger charge is 2.19. The van der Waals surface area contributed by atoms with Gasteiger partial charge in [0.1, 0.15) is 11.5 Å². The Kier molecular flexibility index (Phi) is 3.23. The lowest BCUT2D eigenvalue weighted by Crippen LogP contribution is -1.94. The number of nitrogens with zero attached hydrogens (tertiary/aromatic N) is 1. The minimum atomic E-state index is 0.234. The maximum atomic E-state index is 5.71. The highest BCUT2D eigenvalue weighted by Crippen LogP contribution is 2.43. The fourth-order valence-electron chi connectivity index (χ4n) is 1.55. The van der Waals surface area contributed by atoms with Gasteiger partial charge in [-0.2, -0.15) is 0 Å². The number of benzene rings is 1. The van der Waals surface area contributed by atoms with E-state index in [-0.39, 0.29) is 5.88 Å². The number of aromatic nitrogens is 1. The van der Waals surface area contributed by atoms with E-state index in [0.29, 0.717) is 17.1 Å². The molecular weight excluding hydrogens is 288 g/mol. The van der Waals surface area contributed by atoms with Crippen molar-refractivity contribution in [2.45, 2.75) is 0 Å². The zero-order valence-corrected chi connectivity index (χ0v) is 10.9. The predicted molar refractivity (Wildman–Crippen MR) is 67.2 cm³/mol. The average molecular weight is 299 g/mol. The molecule has 0 amide bonds. The summed E-state index contributed by atoms with van der Waals surface area (Å²) in [5.41, 5.74) is 7.13. The molecule has 0 aliphatic heterocycles. The van der Waals surface area contributed by atoms with Crippen LogP contribution < -0.4 is 15.2 Å². The second-order valence-corrected chi connectivity index (χ2v) is 4.06. The van der Waals surface area contributed by atoms with Crippen molar-refractivity contribution < 1.29 is 14.0 Å². The Labute approximate surface area is 107 Å². The number of anilines is 1. The lowest BCUT2D eigenvalue weighted by molar-refractivity contribution is 0.402. The molecule has 90 valence electrons. The molecule has 0 aliphatic rings. The van der Waals surface area contributed by atoms with Crippen LogP contribution in [0.15, 0.2) is 27.3 Å². The van der Waals surface area contributed by atoms with Crippen LogP contribution in [0.3, 0.4) is 0 Å². The van der Waals surface area contributed by atoms with E-state index in [2.05, 4.69) is 21.1 Å². The Balaban J connectivity index is 2.70. The molecule has 0 atom stereocenters. The lowest BCUT2D eigenvalue weighted by atomic mass is 10.1. The van der Waals surface area contributed by atoms with Crippen LogP contribution in [-0.4, -0.2) is 19.4 Å². The summed E-state index contributed by atoms with van der Waals surface area (Å²) in [6.07, 6.45) is 1.54. The molecule has 1 heterocycles. The second kappa shape index (κ2) is 4.67. The monoisotopic (exact) mass is 298 g/mol. The summed E-state index contributed by atoms with van der Waals surface area (Å²) in [6.45, 7) is 0. The van der Waals surface area contributed by atoms with Gasteiger partial charge in [-0.05, 0) is 28.1 Å². The summed E-state index contributed by atoms with van der Waals surface area (Å²) in [5, 5.41) is 3.65. The summed E-state index contributed by atoms with van der Waals surface area (Å²) < 4.78 is 16.1. The Bertz CT molecular complexity index is 540. The highest BCUT2D eigenvalue weighted by atomic mass is 79.9. The molecule has 6 heteroatoms. The number of nitrogen functional groups attached to an aromatic ring is 1. The van der Waals surface area contributed by atoms with E-state index in [4.69, 9.17) is 19.7 Å². The molecule has 0 saturated carbocycles. The van der Waals surface area contributed by atoms with E-state index in [0.717, 1.165) is 10.0 Å². The van der Waals surface area contributed by atoms with E-state index >= 15 is 0 Å². The number of hydrogen-bond donors (Lipinski definition) is 1. The lowest BCUT2D eigenvalue weighted by Gasteiger charge is -2.12. The number of methoxy groups -OCH3 is 2. The van der Waals surface area contributed by atoms with Crippen molar-refractivity contribution >= 4 is 21.8 Å². The molecule has 0 aliphatic carbocycles. The van der Waals surface area contributed by atoms with Crippen molar-refractivity contribution in [2.75, 3.05) is 20.0 Å². The molecular formula is C11H11BrN2O3. The number of halogens is 1. The number of hydrogen-bond acceptors (Lipinski definition) is 5. The largest absolute Gasteiger partial charge is 0.496 e. The zero-order valence-electron chi connectivity index (χ0n) is 9.36. The summed E-state index contributed by atoms with van der Waals surface area (Å²) in [4.78, 5) is 0. The third-order valence-corrected chi connectivity index (χ3v) is 3.16. The van der Waals surface area contributed by atoms with Crippen LogP contribution in [0.2, 0.25) is 0 Å². The van der Waals surface area contributed by atoms with Gasteiger partial charge in [0.05, 0.1) is 30.5 Å². The smallest absolute Gasteiger partial charge is 0.230 e. The fourth-order valence-corrected chi connectivity index (χ4v) is 2.26. The topological polar surface area (TPSA) is 70.5 Å². The molecule has 1 aromatic heterocycles. The van der Waals surface area contributed by atoms with Crippen LogP contribution in [0.4, 0.5) is 5.88 Å². The number of nitrogens with two attached hydrogens (primary N) is 1. The molecule has 2 N–H and O–H groups in total. The van der Waals surface area contributed by atoms with Gasteiger partial charge < -0.3 is 19.7 Å². The van der Waals surface area contributed by atoms with Gasteiger partial charge in [0.15, 0.2) is 0 Å². The van der Waals surface area contributed by atoms with Crippen molar-refractivity contribution in [1.29, 1.82) is 0 Å². The normalized spacial score (nSPS) is 10.3. The van der Waals surface area contributed by atoms with Gasteiger partial charge in [-0.15, -0.1) is 0 Å². The molecule has 2 aromatic rings. The molecule has 0 fully saturated rings. The molecule has 0 bridgehead atoms. The van der Waals surface area contributed by atoms with Crippen molar-refractivity contribution in [3.05, 3.63) is 22.8 Å². The van der Waals surface area contributed by atoms with E-state index in [1.165, 1.54) is 6.20 Å². The van der Waals surface area contributed by atoms with Gasteiger partial charge in [-0.3, -0.25) is 0 Å². The SMILES string of the molecule is COc1ccc(OC)c(-c2cnoc2N)c1Br. The summed E-state index contributed by atoms with van der Waals surface area (Å²) in [7, 11) is 3.18. The molecule has 2 rings (SSSR count). The quantitative estimate of drug-likeness (QED) is 0.943. The summed E-state index contributed by atoms with van der Waals surface area (Å²) in [5.74, 6) is 1.58. The highest BCUT2D eigenvalue weighted by molar-refractivity contribution is 9.10. The maximum Gasteiger partial charge on any atom is 0.230 e. The van der Waals surface area contributed by atoms with Crippen molar-refractivity contribution in [2.24, 2.45) is 0 Å². The van der Waals surface area contributed by atoms with Crippen molar-refractivity contribution in [3.63, 3.8) is 0 Å². The van der Waals surface area contributed by atoms with Gasteiger partial charge in [0, 0.05) is 5.56 Å². The van der Waals surface area contributed by atoms with E-state index < -0.39 is 0 Å². The van der Waals surface area contributed by atoms with Crippen LogP contribution in [0.1, 0.15) is 0 Å². The molecule has 1 aromatic carbocycles. The van der Waals surface area contributed by atoms with Crippen LogP contribution in [0, 0.1) is 0 Å². The minimum Gasteiger partial charge on any atom is -0.496 e. The van der Waals surface area contributed by atoms with Crippen molar-refractivity contribution in [3.8, 4) is 22.6 Å². The predicted octanol–water partition coefficient (Wildman–Crippen LogP) is 2.70. The van der Waals surface area contributed by atoms with E-state index in [1.54, 1.807) is 26.4 Å². The van der Waals surface area contributed by atoms with Gasteiger partial charge in [-0.1, -0.05) is 5.16 Å². The third kappa shape index (κ3) is 1.95. The molecule has 17 heavy (non-hydrogen) atoms. The minimum absolute atomic E-state index is 0.234. The average Bonchev–Trinajstić information content (AvgIpc) is 2.75. The standard InChI is InChI=1S/C11H11BrN2O3/c1-15-7-3-4-8(16-2)10(12)9(7)6-5-14-17-11(6)13/h3-5H,13H2,1-2H3. The number of rotatable bonds is 3. The Hall–Kier alpha value is -1.69. The van der Waals surface area contributed by atoms with Gasteiger partial charge in [0.25, 0.3) is 0 Å². The molecule has 0 radical (unpaired) electrons.